The van der Waals surface area contributed by atoms with Crippen molar-refractivity contribution in [3.05, 3.63) is 68.6 Å². The van der Waals surface area contributed by atoms with Gasteiger partial charge >= 0.3 is 5.69 Å². The van der Waals surface area contributed by atoms with E-state index in [0.717, 1.165) is 27.2 Å². The van der Waals surface area contributed by atoms with Gasteiger partial charge in [0.1, 0.15) is 17.9 Å². The minimum atomic E-state index is -0.960. The topological polar surface area (TPSA) is 149 Å². The van der Waals surface area contributed by atoms with Gasteiger partial charge < -0.3 is 25.3 Å². The van der Waals surface area contributed by atoms with Crippen LogP contribution in [-0.2, 0) is 4.74 Å². The number of carbonyl (C=O) groups excluding carboxylic acids is 1. The van der Waals surface area contributed by atoms with Gasteiger partial charge in [0.25, 0.3) is 11.5 Å². The third-order valence-corrected chi connectivity index (χ3v) is 5.34. The number of rotatable bonds is 5. The standard InChI is InChI=1S/C20H22N4O6/c1-10(12-7-21-14-5-3-2-4-11(12)14)22-18(27)13-8-24(20(29)23-19(13)28)17-6-15(26)16(9-25)30-17/h2-5,7-8,10,15-17,21,25-26H,6,9H2,1H3,(H,22,27)(H,23,28,29)/t10?,15-,16+,17+/m0/s1. The maximum absolute atomic E-state index is 12.8. The minimum absolute atomic E-state index is 0.0456. The summed E-state index contributed by atoms with van der Waals surface area (Å²) in [6.45, 7) is 1.38. The molecular formula is C20H22N4O6. The van der Waals surface area contributed by atoms with Crippen LogP contribution in [0.25, 0.3) is 10.9 Å². The van der Waals surface area contributed by atoms with Crippen LogP contribution in [0.15, 0.2) is 46.2 Å². The van der Waals surface area contributed by atoms with E-state index < -0.39 is 48.2 Å². The predicted molar refractivity (Wildman–Crippen MR) is 107 cm³/mol. The second-order valence-electron chi connectivity index (χ2n) is 7.31. The Morgan fingerprint density at radius 3 is 2.87 bits per heavy atom. The number of aromatic amines is 2. The number of carbonyl (C=O) groups is 1. The number of aliphatic hydroxyl groups is 2. The normalized spacial score (nSPS) is 22.3. The van der Waals surface area contributed by atoms with Crippen LogP contribution in [0.4, 0.5) is 0 Å². The lowest BCUT2D eigenvalue weighted by Gasteiger charge is -2.16. The minimum Gasteiger partial charge on any atom is -0.394 e. The Morgan fingerprint density at radius 1 is 1.37 bits per heavy atom. The second-order valence-corrected chi connectivity index (χ2v) is 7.31. The van der Waals surface area contributed by atoms with E-state index in [1.54, 1.807) is 13.1 Å². The van der Waals surface area contributed by atoms with E-state index in [1.165, 1.54) is 0 Å². The summed E-state index contributed by atoms with van der Waals surface area (Å²) >= 11 is 0. The molecule has 0 bridgehead atoms. The van der Waals surface area contributed by atoms with Crippen molar-refractivity contribution in [3.63, 3.8) is 0 Å². The molecule has 158 valence electrons. The number of nitrogens with one attached hydrogen (secondary N) is 3. The Morgan fingerprint density at radius 2 is 2.13 bits per heavy atom. The van der Waals surface area contributed by atoms with Gasteiger partial charge in [-0.05, 0) is 18.6 Å². The molecule has 0 saturated carbocycles. The summed E-state index contributed by atoms with van der Waals surface area (Å²) in [6.07, 6.45) is 0.258. The molecule has 0 radical (unpaired) electrons. The van der Waals surface area contributed by atoms with Gasteiger partial charge in [0.15, 0.2) is 0 Å². The molecule has 1 aliphatic heterocycles. The average molecular weight is 414 g/mol. The molecule has 4 rings (SSSR count). The lowest BCUT2D eigenvalue weighted by molar-refractivity contribution is -0.0459. The van der Waals surface area contributed by atoms with Crippen molar-refractivity contribution in [2.75, 3.05) is 6.61 Å². The van der Waals surface area contributed by atoms with Gasteiger partial charge in [-0.15, -0.1) is 0 Å². The highest BCUT2D eigenvalue weighted by atomic mass is 16.5. The summed E-state index contributed by atoms with van der Waals surface area (Å²) in [6, 6.07) is 7.24. The van der Waals surface area contributed by atoms with Crippen LogP contribution in [-0.4, -0.2) is 49.5 Å². The molecule has 1 amide bonds. The maximum Gasteiger partial charge on any atom is 0.330 e. The number of hydrogen-bond acceptors (Lipinski definition) is 6. The summed E-state index contributed by atoms with van der Waals surface area (Å²) in [7, 11) is 0. The van der Waals surface area contributed by atoms with Crippen molar-refractivity contribution in [3.8, 4) is 0 Å². The van der Waals surface area contributed by atoms with Crippen LogP contribution in [0.1, 0.15) is 41.5 Å². The van der Waals surface area contributed by atoms with E-state index >= 15 is 0 Å². The molecular weight excluding hydrogens is 392 g/mol. The van der Waals surface area contributed by atoms with E-state index in [9.17, 15) is 24.6 Å². The summed E-state index contributed by atoms with van der Waals surface area (Å²) in [5.41, 5.74) is -0.0620. The molecule has 5 N–H and O–H groups in total. The number of para-hydroxylation sites is 1. The van der Waals surface area contributed by atoms with Gasteiger partial charge in [0.05, 0.1) is 18.8 Å². The number of aliphatic hydroxyl groups excluding tert-OH is 2. The maximum atomic E-state index is 12.8. The monoisotopic (exact) mass is 414 g/mol. The van der Waals surface area contributed by atoms with Crippen molar-refractivity contribution in [2.24, 2.45) is 0 Å². The Kier molecular flexibility index (Phi) is 5.29. The lowest BCUT2D eigenvalue weighted by atomic mass is 10.1. The summed E-state index contributed by atoms with van der Waals surface area (Å²) in [5, 5.41) is 22.9. The SMILES string of the molecule is CC(NC(=O)c1cn([C@H]2C[C@H](O)[C@@H](CO)O2)c(=O)[nH]c1=O)c1c[nH]c2ccccc12. The fourth-order valence-electron chi connectivity index (χ4n) is 3.72. The number of nitrogens with zero attached hydrogens (tertiary/aromatic N) is 1. The van der Waals surface area contributed by atoms with Crippen molar-refractivity contribution in [2.45, 2.75) is 37.8 Å². The molecule has 1 unspecified atom stereocenters. The Labute approximate surface area is 170 Å². The smallest absolute Gasteiger partial charge is 0.330 e. The highest BCUT2D eigenvalue weighted by Gasteiger charge is 2.35. The highest BCUT2D eigenvalue weighted by Crippen LogP contribution is 2.27. The third kappa shape index (κ3) is 3.56. The molecule has 30 heavy (non-hydrogen) atoms. The zero-order chi connectivity index (χ0) is 21.4. The van der Waals surface area contributed by atoms with Gasteiger partial charge in [-0.3, -0.25) is 19.1 Å². The summed E-state index contributed by atoms with van der Waals surface area (Å²) in [4.78, 5) is 42.5. The van der Waals surface area contributed by atoms with Crippen molar-refractivity contribution in [1.29, 1.82) is 0 Å². The molecule has 1 saturated heterocycles. The predicted octanol–water partition coefficient (Wildman–Crippen LogP) is 0.150. The van der Waals surface area contributed by atoms with Crippen LogP contribution in [0.2, 0.25) is 0 Å². The first kappa shape index (κ1) is 20.1. The van der Waals surface area contributed by atoms with E-state index in [1.807, 2.05) is 24.3 Å². The molecule has 10 nitrogen and oxygen atoms in total. The number of hydrogen-bond donors (Lipinski definition) is 5. The molecule has 3 heterocycles. The number of amides is 1. The van der Waals surface area contributed by atoms with Gasteiger partial charge in [0.2, 0.25) is 0 Å². The van der Waals surface area contributed by atoms with Crippen LogP contribution in [0.5, 0.6) is 0 Å². The fraction of sp³-hybridized carbons (Fsp3) is 0.350. The molecule has 1 fully saturated rings. The third-order valence-electron chi connectivity index (χ3n) is 5.34. The van der Waals surface area contributed by atoms with Crippen LogP contribution in [0.3, 0.4) is 0 Å². The van der Waals surface area contributed by atoms with Crippen LogP contribution < -0.4 is 16.6 Å². The largest absolute Gasteiger partial charge is 0.394 e. The van der Waals surface area contributed by atoms with Crippen molar-refractivity contribution >= 4 is 16.8 Å². The van der Waals surface area contributed by atoms with Gasteiger partial charge in [-0.2, -0.15) is 0 Å². The average Bonchev–Trinajstić information content (AvgIpc) is 3.31. The van der Waals surface area contributed by atoms with Crippen molar-refractivity contribution < 1.29 is 19.7 Å². The summed E-state index contributed by atoms with van der Waals surface area (Å²) < 4.78 is 6.50. The zero-order valence-corrected chi connectivity index (χ0v) is 16.2. The first-order valence-electron chi connectivity index (χ1n) is 9.55. The number of ether oxygens (including phenoxy) is 1. The van der Waals surface area contributed by atoms with Gasteiger partial charge in [0, 0.05) is 29.7 Å². The summed E-state index contributed by atoms with van der Waals surface area (Å²) in [5.74, 6) is -0.653. The van der Waals surface area contributed by atoms with Gasteiger partial charge in [-0.1, -0.05) is 18.2 Å². The Hall–Kier alpha value is -3.21. The molecule has 4 atom stereocenters. The molecule has 2 aromatic heterocycles. The number of aromatic nitrogens is 3. The zero-order valence-electron chi connectivity index (χ0n) is 16.2. The van der Waals surface area contributed by atoms with Crippen LogP contribution >= 0.6 is 0 Å². The first-order chi connectivity index (χ1) is 14.4. The number of fused-ring (bicyclic) bond motifs is 1. The highest BCUT2D eigenvalue weighted by molar-refractivity contribution is 5.94. The van der Waals surface area contributed by atoms with E-state index in [4.69, 9.17) is 4.74 Å². The molecule has 3 aromatic rings. The Balaban J connectivity index is 1.60. The van der Waals surface area contributed by atoms with Crippen LogP contribution in [0, 0.1) is 0 Å². The molecule has 1 aromatic carbocycles. The van der Waals surface area contributed by atoms with Gasteiger partial charge in [-0.25, -0.2) is 4.79 Å². The molecule has 0 spiro atoms. The first-order valence-corrected chi connectivity index (χ1v) is 9.55. The lowest BCUT2D eigenvalue weighted by Crippen LogP contribution is -2.39. The number of benzene rings is 1. The molecule has 0 aliphatic carbocycles. The Bertz CT molecular complexity index is 1200. The molecule has 10 heteroatoms. The van der Waals surface area contributed by atoms with E-state index in [2.05, 4.69) is 15.3 Å². The second kappa shape index (κ2) is 7.90. The molecule has 1 aliphatic rings. The fourth-order valence-corrected chi connectivity index (χ4v) is 3.72. The van der Waals surface area contributed by atoms with E-state index in [0.29, 0.717) is 0 Å². The number of H-pyrrole nitrogens is 2. The van der Waals surface area contributed by atoms with E-state index in [-0.39, 0.29) is 12.0 Å². The quantitative estimate of drug-likeness (QED) is 0.401. The van der Waals surface area contributed by atoms with Crippen molar-refractivity contribution in [1.82, 2.24) is 19.9 Å².